The highest BCUT2D eigenvalue weighted by atomic mass is 16.5. The molecular weight excluding hydrogens is 202 g/mol. The summed E-state index contributed by atoms with van der Waals surface area (Å²) < 4.78 is 5.61. The first-order valence-electron chi connectivity index (χ1n) is 5.23. The molecule has 1 N–H and O–H groups in total. The summed E-state index contributed by atoms with van der Waals surface area (Å²) in [6, 6.07) is 5.49. The van der Waals surface area contributed by atoms with E-state index in [1.54, 1.807) is 6.08 Å². The van der Waals surface area contributed by atoms with E-state index < -0.39 is 0 Å². The molecule has 1 aromatic rings. The number of ether oxygens (including phenoxy) is 1. The maximum atomic E-state index is 10.9. The molecule has 0 radical (unpaired) electrons. The fourth-order valence-corrected chi connectivity index (χ4v) is 1.35. The molecule has 0 bridgehead atoms. The van der Waals surface area contributed by atoms with Gasteiger partial charge in [0.1, 0.15) is 5.75 Å². The van der Waals surface area contributed by atoms with Gasteiger partial charge in [0.15, 0.2) is 0 Å². The predicted molar refractivity (Wildman–Crippen MR) is 66.6 cm³/mol. The van der Waals surface area contributed by atoms with Crippen LogP contribution in [-0.2, 0) is 4.79 Å². The minimum atomic E-state index is -0.0902. The van der Waals surface area contributed by atoms with Crippen LogP contribution >= 0.6 is 0 Å². The summed E-state index contributed by atoms with van der Waals surface area (Å²) in [6.07, 6.45) is 1.83. The molecule has 0 aliphatic carbocycles. The first kappa shape index (κ1) is 12.3. The number of nitrogens with one attached hydrogen (secondary N) is 1. The fourth-order valence-electron chi connectivity index (χ4n) is 1.35. The smallest absolute Gasteiger partial charge is 0.221 e. The van der Waals surface area contributed by atoms with E-state index >= 15 is 0 Å². The van der Waals surface area contributed by atoms with Gasteiger partial charge in [-0.15, -0.1) is 0 Å². The van der Waals surface area contributed by atoms with Crippen LogP contribution in [0.25, 0.3) is 6.08 Å². The normalized spacial score (nSPS) is 10.0. The van der Waals surface area contributed by atoms with Crippen molar-refractivity contribution in [2.75, 3.05) is 5.32 Å². The Bertz CT molecular complexity index is 397. The van der Waals surface area contributed by atoms with Gasteiger partial charge in [-0.1, -0.05) is 12.7 Å². The van der Waals surface area contributed by atoms with Crippen LogP contribution in [0.2, 0.25) is 0 Å². The lowest BCUT2D eigenvalue weighted by Crippen LogP contribution is -2.08. The molecular formula is C13H17NO2. The zero-order valence-corrected chi connectivity index (χ0v) is 9.91. The third kappa shape index (κ3) is 3.42. The largest absolute Gasteiger partial charge is 0.490 e. The topological polar surface area (TPSA) is 38.3 Å². The SMILES string of the molecule is C=Cc1cc(NC(C)=O)ccc1OC(C)C. The van der Waals surface area contributed by atoms with E-state index in [9.17, 15) is 4.79 Å². The number of benzene rings is 1. The molecule has 16 heavy (non-hydrogen) atoms. The molecule has 3 heteroatoms. The van der Waals surface area contributed by atoms with Crippen LogP contribution in [0.1, 0.15) is 26.3 Å². The molecule has 0 heterocycles. The van der Waals surface area contributed by atoms with Crippen LogP contribution in [0.4, 0.5) is 5.69 Å². The highest BCUT2D eigenvalue weighted by Gasteiger charge is 2.05. The zero-order chi connectivity index (χ0) is 12.1. The third-order valence-corrected chi connectivity index (χ3v) is 1.91. The summed E-state index contributed by atoms with van der Waals surface area (Å²) in [4.78, 5) is 10.9. The summed E-state index contributed by atoms with van der Waals surface area (Å²) in [5.74, 6) is 0.687. The fraction of sp³-hybridized carbons (Fsp3) is 0.308. The van der Waals surface area contributed by atoms with Crippen molar-refractivity contribution in [3.05, 3.63) is 30.3 Å². The van der Waals surface area contributed by atoms with Crippen molar-refractivity contribution in [1.82, 2.24) is 0 Å². The van der Waals surface area contributed by atoms with Crippen LogP contribution in [0, 0.1) is 0 Å². The van der Waals surface area contributed by atoms with E-state index in [0.29, 0.717) is 0 Å². The van der Waals surface area contributed by atoms with Gasteiger partial charge in [0.2, 0.25) is 5.91 Å². The summed E-state index contributed by atoms with van der Waals surface area (Å²) in [5.41, 5.74) is 1.62. The van der Waals surface area contributed by atoms with E-state index in [1.807, 2.05) is 32.0 Å². The summed E-state index contributed by atoms with van der Waals surface area (Å²) in [5, 5.41) is 2.72. The van der Waals surface area contributed by atoms with Crippen molar-refractivity contribution >= 4 is 17.7 Å². The van der Waals surface area contributed by atoms with Crippen molar-refractivity contribution in [1.29, 1.82) is 0 Å². The van der Waals surface area contributed by atoms with Crippen molar-refractivity contribution in [2.24, 2.45) is 0 Å². The van der Waals surface area contributed by atoms with Gasteiger partial charge < -0.3 is 10.1 Å². The summed E-state index contributed by atoms with van der Waals surface area (Å²) >= 11 is 0. The van der Waals surface area contributed by atoms with Gasteiger partial charge in [0.05, 0.1) is 6.10 Å². The predicted octanol–water partition coefficient (Wildman–Crippen LogP) is 3.08. The minimum absolute atomic E-state index is 0.0902. The van der Waals surface area contributed by atoms with Gasteiger partial charge in [-0.25, -0.2) is 0 Å². The molecule has 3 nitrogen and oxygen atoms in total. The number of hydrogen-bond acceptors (Lipinski definition) is 2. The van der Waals surface area contributed by atoms with Crippen molar-refractivity contribution < 1.29 is 9.53 Å². The Labute approximate surface area is 96.1 Å². The molecule has 0 saturated heterocycles. The average Bonchev–Trinajstić information content (AvgIpc) is 2.18. The molecule has 1 amide bonds. The van der Waals surface area contributed by atoms with Crippen molar-refractivity contribution in [3.63, 3.8) is 0 Å². The van der Waals surface area contributed by atoms with Gasteiger partial charge in [0.25, 0.3) is 0 Å². The number of hydrogen-bond donors (Lipinski definition) is 1. The van der Waals surface area contributed by atoms with Gasteiger partial charge in [-0.3, -0.25) is 4.79 Å². The summed E-state index contributed by atoms with van der Waals surface area (Å²) in [6.45, 7) is 9.14. The van der Waals surface area contributed by atoms with E-state index in [1.165, 1.54) is 6.92 Å². The lowest BCUT2D eigenvalue weighted by atomic mass is 10.1. The Morgan fingerprint density at radius 1 is 1.50 bits per heavy atom. The third-order valence-electron chi connectivity index (χ3n) is 1.91. The molecule has 0 saturated carbocycles. The molecule has 0 atom stereocenters. The monoisotopic (exact) mass is 219 g/mol. The quantitative estimate of drug-likeness (QED) is 0.845. The Kier molecular flexibility index (Phi) is 4.11. The van der Waals surface area contributed by atoms with Gasteiger partial charge in [0, 0.05) is 18.2 Å². The second kappa shape index (κ2) is 5.35. The lowest BCUT2D eigenvalue weighted by Gasteiger charge is -2.13. The Hall–Kier alpha value is -1.77. The van der Waals surface area contributed by atoms with E-state index in [2.05, 4.69) is 11.9 Å². The number of anilines is 1. The average molecular weight is 219 g/mol. The molecule has 0 aromatic heterocycles. The second-order valence-electron chi connectivity index (χ2n) is 3.80. The molecule has 0 fully saturated rings. The van der Waals surface area contributed by atoms with E-state index in [4.69, 9.17) is 4.74 Å². The molecule has 0 spiro atoms. The highest BCUT2D eigenvalue weighted by Crippen LogP contribution is 2.24. The molecule has 1 aromatic carbocycles. The Morgan fingerprint density at radius 2 is 2.19 bits per heavy atom. The lowest BCUT2D eigenvalue weighted by molar-refractivity contribution is -0.114. The van der Waals surface area contributed by atoms with E-state index in [-0.39, 0.29) is 12.0 Å². The van der Waals surface area contributed by atoms with Crippen molar-refractivity contribution in [3.8, 4) is 5.75 Å². The molecule has 0 aliphatic heterocycles. The van der Waals surface area contributed by atoms with Crippen LogP contribution in [0.15, 0.2) is 24.8 Å². The van der Waals surface area contributed by atoms with Gasteiger partial charge >= 0.3 is 0 Å². The molecule has 0 unspecified atom stereocenters. The Balaban J connectivity index is 2.96. The van der Waals surface area contributed by atoms with Crippen LogP contribution in [0.5, 0.6) is 5.75 Å². The first-order valence-corrected chi connectivity index (χ1v) is 5.23. The number of rotatable bonds is 4. The number of amides is 1. The van der Waals surface area contributed by atoms with Crippen LogP contribution < -0.4 is 10.1 Å². The van der Waals surface area contributed by atoms with Crippen molar-refractivity contribution in [2.45, 2.75) is 26.9 Å². The second-order valence-corrected chi connectivity index (χ2v) is 3.80. The van der Waals surface area contributed by atoms with Crippen LogP contribution in [-0.4, -0.2) is 12.0 Å². The maximum absolute atomic E-state index is 10.9. The number of carbonyl (C=O) groups is 1. The standard InChI is InChI=1S/C13H17NO2/c1-5-11-8-12(14-10(4)15)6-7-13(11)16-9(2)3/h5-9H,1H2,2-4H3,(H,14,15). The van der Waals surface area contributed by atoms with Gasteiger partial charge in [-0.05, 0) is 32.0 Å². The Morgan fingerprint density at radius 3 is 2.69 bits per heavy atom. The number of carbonyl (C=O) groups excluding carboxylic acids is 1. The van der Waals surface area contributed by atoms with Crippen LogP contribution in [0.3, 0.4) is 0 Å². The molecule has 0 aliphatic rings. The molecule has 1 rings (SSSR count). The first-order chi connectivity index (χ1) is 7.52. The summed E-state index contributed by atoms with van der Waals surface area (Å²) in [7, 11) is 0. The van der Waals surface area contributed by atoms with E-state index in [0.717, 1.165) is 17.0 Å². The zero-order valence-electron chi connectivity index (χ0n) is 9.91. The maximum Gasteiger partial charge on any atom is 0.221 e. The molecule has 86 valence electrons. The minimum Gasteiger partial charge on any atom is -0.490 e. The highest BCUT2D eigenvalue weighted by molar-refractivity contribution is 5.89. The van der Waals surface area contributed by atoms with Gasteiger partial charge in [-0.2, -0.15) is 0 Å².